The van der Waals surface area contributed by atoms with Crippen LogP contribution in [0.2, 0.25) is 0 Å². The van der Waals surface area contributed by atoms with Crippen molar-refractivity contribution < 1.29 is 0 Å². The van der Waals surface area contributed by atoms with Gasteiger partial charge in [-0.05, 0) is 45.4 Å². The molecule has 0 aliphatic heterocycles. The molecule has 0 aliphatic carbocycles. The van der Waals surface area contributed by atoms with Gasteiger partial charge in [-0.15, -0.1) is 11.3 Å². The molecule has 0 radical (unpaired) electrons. The van der Waals surface area contributed by atoms with E-state index < -0.39 is 0 Å². The summed E-state index contributed by atoms with van der Waals surface area (Å²) in [4.78, 5) is 5.83. The predicted molar refractivity (Wildman–Crippen MR) is 93.4 cm³/mol. The lowest BCUT2D eigenvalue weighted by molar-refractivity contribution is 0.497. The largest absolute Gasteiger partial charge is 0.303 e. The number of nitrogens with zero attached hydrogens (tertiary/aromatic N) is 1. The second-order valence-electron chi connectivity index (χ2n) is 4.96. The van der Waals surface area contributed by atoms with Crippen LogP contribution in [0.4, 0.5) is 0 Å². The minimum atomic E-state index is 0.272. The zero-order valence-corrected chi connectivity index (χ0v) is 16.0. The van der Waals surface area contributed by atoms with Crippen LogP contribution in [0.25, 0.3) is 0 Å². The number of benzene rings is 1. The molecule has 0 amide bonds. The normalized spacial score (nSPS) is 14.3. The first-order valence-electron chi connectivity index (χ1n) is 6.53. The summed E-state index contributed by atoms with van der Waals surface area (Å²) in [5.74, 6) is 0. The van der Waals surface area contributed by atoms with Crippen LogP contribution < -0.4 is 5.32 Å². The third-order valence-corrected chi connectivity index (χ3v) is 5.70. The van der Waals surface area contributed by atoms with Crippen LogP contribution in [0.1, 0.15) is 47.1 Å². The molecule has 108 valence electrons. The molecular weight excluding hydrogens is 400 g/mol. The Kier molecular flexibility index (Phi) is 5.40. The molecule has 2 nitrogen and oxygen atoms in total. The van der Waals surface area contributed by atoms with Crippen molar-refractivity contribution in [1.82, 2.24) is 10.3 Å². The van der Waals surface area contributed by atoms with Crippen LogP contribution in [-0.4, -0.2) is 4.98 Å². The van der Waals surface area contributed by atoms with E-state index in [9.17, 15) is 0 Å². The molecule has 0 bridgehead atoms. The third kappa shape index (κ3) is 3.70. The van der Waals surface area contributed by atoms with Crippen molar-refractivity contribution >= 4 is 43.2 Å². The predicted octanol–water partition coefficient (Wildman–Crippen LogP) is 5.70. The molecule has 5 heteroatoms. The highest BCUT2D eigenvalue weighted by atomic mass is 79.9. The minimum absolute atomic E-state index is 0.272. The average Bonchev–Trinajstić information content (AvgIpc) is 2.68. The Hall–Kier alpha value is -0.230. The number of thiazole rings is 1. The van der Waals surface area contributed by atoms with E-state index in [0.29, 0.717) is 6.04 Å². The van der Waals surface area contributed by atoms with Crippen LogP contribution >= 0.6 is 43.2 Å². The molecule has 0 aliphatic rings. The van der Waals surface area contributed by atoms with E-state index in [1.165, 1.54) is 10.4 Å². The van der Waals surface area contributed by atoms with Gasteiger partial charge in [0.1, 0.15) is 0 Å². The Morgan fingerprint density at radius 3 is 2.40 bits per heavy atom. The van der Waals surface area contributed by atoms with Crippen LogP contribution in [0, 0.1) is 13.8 Å². The standard InChI is InChI=1S/C15H18Br2N2S/c1-8(13-6-5-12(16)7-14(13)17)18-9(2)15-10(3)19-11(4)20-15/h5-9,18H,1-4H3. The van der Waals surface area contributed by atoms with Gasteiger partial charge in [-0.3, -0.25) is 0 Å². The maximum Gasteiger partial charge on any atom is 0.0900 e. The summed E-state index contributed by atoms with van der Waals surface area (Å²) >= 11 is 8.89. The van der Waals surface area contributed by atoms with E-state index in [-0.39, 0.29) is 6.04 Å². The van der Waals surface area contributed by atoms with Gasteiger partial charge in [0.2, 0.25) is 0 Å². The summed E-state index contributed by atoms with van der Waals surface area (Å²) < 4.78 is 2.21. The second-order valence-corrected chi connectivity index (χ2v) is 7.96. The highest BCUT2D eigenvalue weighted by molar-refractivity contribution is 9.11. The quantitative estimate of drug-likeness (QED) is 0.690. The smallest absolute Gasteiger partial charge is 0.0900 e. The molecule has 0 fully saturated rings. The lowest BCUT2D eigenvalue weighted by atomic mass is 10.1. The Labute approximate surface area is 141 Å². The third-order valence-electron chi connectivity index (χ3n) is 3.26. The van der Waals surface area contributed by atoms with E-state index in [0.717, 1.165) is 19.6 Å². The summed E-state index contributed by atoms with van der Waals surface area (Å²) in [6.07, 6.45) is 0. The molecule has 2 atom stereocenters. The van der Waals surface area contributed by atoms with Gasteiger partial charge in [0.15, 0.2) is 0 Å². The van der Waals surface area contributed by atoms with Crippen molar-refractivity contribution in [2.24, 2.45) is 0 Å². The Morgan fingerprint density at radius 1 is 1.15 bits per heavy atom. The van der Waals surface area contributed by atoms with Gasteiger partial charge in [-0.1, -0.05) is 37.9 Å². The van der Waals surface area contributed by atoms with Gasteiger partial charge in [0.05, 0.1) is 10.7 Å². The van der Waals surface area contributed by atoms with Gasteiger partial charge < -0.3 is 5.32 Å². The molecule has 1 aromatic carbocycles. The van der Waals surface area contributed by atoms with Crippen molar-refractivity contribution in [1.29, 1.82) is 0 Å². The van der Waals surface area contributed by atoms with Crippen molar-refractivity contribution in [3.8, 4) is 0 Å². The molecule has 2 rings (SSSR count). The summed E-state index contributed by atoms with van der Waals surface area (Å²) in [7, 11) is 0. The van der Waals surface area contributed by atoms with Gasteiger partial charge in [-0.2, -0.15) is 0 Å². The maximum atomic E-state index is 4.50. The fourth-order valence-electron chi connectivity index (χ4n) is 2.34. The number of hydrogen-bond donors (Lipinski definition) is 1. The second kappa shape index (κ2) is 6.69. The minimum Gasteiger partial charge on any atom is -0.303 e. The zero-order chi connectivity index (χ0) is 14.9. The highest BCUT2D eigenvalue weighted by Crippen LogP contribution is 2.30. The number of aromatic nitrogens is 1. The van der Waals surface area contributed by atoms with Crippen molar-refractivity contribution in [3.63, 3.8) is 0 Å². The fraction of sp³-hybridized carbons (Fsp3) is 0.400. The summed E-state index contributed by atoms with van der Waals surface area (Å²) in [5.41, 5.74) is 2.40. The van der Waals surface area contributed by atoms with E-state index in [1.807, 2.05) is 0 Å². The summed E-state index contributed by atoms with van der Waals surface area (Å²) in [5, 5.41) is 4.78. The molecule has 0 saturated heterocycles. The number of aryl methyl sites for hydroxylation is 2. The van der Waals surface area contributed by atoms with Crippen LogP contribution in [0.5, 0.6) is 0 Å². The highest BCUT2D eigenvalue weighted by Gasteiger charge is 2.17. The topological polar surface area (TPSA) is 24.9 Å². The van der Waals surface area contributed by atoms with Gasteiger partial charge in [0.25, 0.3) is 0 Å². The molecule has 2 unspecified atom stereocenters. The molecule has 20 heavy (non-hydrogen) atoms. The number of hydrogen-bond acceptors (Lipinski definition) is 3. The van der Waals surface area contributed by atoms with Gasteiger partial charge >= 0.3 is 0 Å². The number of rotatable bonds is 4. The molecule has 0 saturated carbocycles. The van der Waals surface area contributed by atoms with E-state index in [2.05, 4.69) is 88.1 Å². The first-order chi connectivity index (χ1) is 9.38. The Bertz CT molecular complexity index is 610. The van der Waals surface area contributed by atoms with Crippen molar-refractivity contribution in [2.45, 2.75) is 39.8 Å². The lowest BCUT2D eigenvalue weighted by Crippen LogP contribution is -2.22. The molecule has 1 N–H and O–H groups in total. The molecular formula is C15H18Br2N2S. The monoisotopic (exact) mass is 416 g/mol. The maximum absolute atomic E-state index is 4.50. The zero-order valence-electron chi connectivity index (χ0n) is 12.0. The summed E-state index contributed by atoms with van der Waals surface area (Å²) in [6.45, 7) is 8.52. The number of halogens is 2. The van der Waals surface area contributed by atoms with E-state index in [1.54, 1.807) is 11.3 Å². The summed E-state index contributed by atoms with van der Waals surface area (Å²) in [6, 6.07) is 6.87. The van der Waals surface area contributed by atoms with Crippen LogP contribution in [-0.2, 0) is 0 Å². The van der Waals surface area contributed by atoms with Crippen molar-refractivity contribution in [3.05, 3.63) is 48.3 Å². The van der Waals surface area contributed by atoms with E-state index >= 15 is 0 Å². The number of nitrogens with one attached hydrogen (secondary N) is 1. The van der Waals surface area contributed by atoms with Crippen molar-refractivity contribution in [2.75, 3.05) is 0 Å². The van der Waals surface area contributed by atoms with Gasteiger partial charge in [-0.25, -0.2) is 4.98 Å². The van der Waals surface area contributed by atoms with Crippen LogP contribution in [0.3, 0.4) is 0 Å². The molecule has 1 heterocycles. The Morgan fingerprint density at radius 2 is 1.85 bits per heavy atom. The van der Waals surface area contributed by atoms with Crippen LogP contribution in [0.15, 0.2) is 27.1 Å². The lowest BCUT2D eigenvalue weighted by Gasteiger charge is -2.21. The molecule has 1 aromatic heterocycles. The average molecular weight is 418 g/mol. The molecule has 2 aromatic rings. The van der Waals surface area contributed by atoms with Gasteiger partial charge in [0, 0.05) is 25.9 Å². The SMILES string of the molecule is Cc1nc(C)c(C(C)NC(C)c2ccc(Br)cc2Br)s1. The van der Waals surface area contributed by atoms with E-state index in [4.69, 9.17) is 0 Å². The first kappa shape index (κ1) is 16.1. The fourth-order valence-corrected chi connectivity index (χ4v) is 4.67. The molecule has 0 spiro atoms. The Balaban J connectivity index is 2.14. The first-order valence-corrected chi connectivity index (χ1v) is 8.93.